The molecule has 2 amide bonds. The van der Waals surface area contributed by atoms with E-state index in [2.05, 4.69) is 58.0 Å². The summed E-state index contributed by atoms with van der Waals surface area (Å²) in [5, 5.41) is 13.4. The van der Waals surface area contributed by atoms with Crippen LogP contribution in [0.4, 0.5) is 4.79 Å². The van der Waals surface area contributed by atoms with Crippen molar-refractivity contribution >= 4 is 40.1 Å². The Morgan fingerprint density at radius 1 is 0.971 bits per heavy atom. The second-order valence-electron chi connectivity index (χ2n) is 9.05. The Kier molecular flexibility index (Phi) is 6.98. The molecule has 1 saturated heterocycles. The quantitative estimate of drug-likeness (QED) is 0.287. The van der Waals surface area contributed by atoms with Gasteiger partial charge in [0.05, 0.1) is 5.52 Å². The van der Waals surface area contributed by atoms with E-state index in [9.17, 15) is 4.79 Å². The van der Waals surface area contributed by atoms with Crippen molar-refractivity contribution in [1.82, 2.24) is 20.4 Å². The summed E-state index contributed by atoms with van der Waals surface area (Å²) in [7, 11) is 0. The van der Waals surface area contributed by atoms with E-state index in [1.54, 1.807) is 0 Å². The summed E-state index contributed by atoms with van der Waals surface area (Å²) in [5.74, 6) is 0.377. The standard InChI is InChI=1S/C28H28Cl2N4O/c1-2-31-28(35)34-15-13-20(14-16-34)27-24-17-21(7-12-25(24)32-33-27)26(18-3-8-22(29)9-4-18)19-5-10-23(30)11-6-19/h3-12,17,20,26H,2,13-16H2,1H3,(H,31,35)(H,32,33). The Bertz CT molecular complexity index is 1260. The van der Waals surface area contributed by atoms with E-state index in [0.29, 0.717) is 12.5 Å². The molecule has 0 radical (unpaired) electrons. The van der Waals surface area contributed by atoms with Crippen LogP contribution in [0.25, 0.3) is 10.9 Å². The molecule has 1 aliphatic heterocycles. The number of hydrogen-bond acceptors (Lipinski definition) is 2. The maximum Gasteiger partial charge on any atom is 0.317 e. The Hall–Kier alpha value is -3.02. The third kappa shape index (κ3) is 5.02. The molecule has 1 fully saturated rings. The van der Waals surface area contributed by atoms with Gasteiger partial charge in [0.2, 0.25) is 0 Å². The molecule has 2 heterocycles. The van der Waals surface area contributed by atoms with Crippen molar-refractivity contribution in [2.24, 2.45) is 0 Å². The van der Waals surface area contributed by atoms with Gasteiger partial charge in [0, 0.05) is 52.6 Å². The second kappa shape index (κ2) is 10.3. The maximum absolute atomic E-state index is 12.2. The fourth-order valence-corrected chi connectivity index (χ4v) is 5.31. The van der Waals surface area contributed by atoms with E-state index >= 15 is 0 Å². The third-order valence-electron chi connectivity index (χ3n) is 6.87. The van der Waals surface area contributed by atoms with E-state index in [-0.39, 0.29) is 11.9 Å². The first kappa shape index (κ1) is 23.7. The highest BCUT2D eigenvalue weighted by atomic mass is 35.5. The Balaban J connectivity index is 1.49. The number of benzene rings is 3. The summed E-state index contributed by atoms with van der Waals surface area (Å²) >= 11 is 12.4. The third-order valence-corrected chi connectivity index (χ3v) is 7.37. The van der Waals surface area contributed by atoms with Crippen molar-refractivity contribution in [3.8, 4) is 0 Å². The van der Waals surface area contributed by atoms with Gasteiger partial charge in [-0.25, -0.2) is 4.79 Å². The molecule has 0 saturated carbocycles. The highest BCUT2D eigenvalue weighted by Gasteiger charge is 2.26. The Labute approximate surface area is 215 Å². The summed E-state index contributed by atoms with van der Waals surface area (Å²) in [5.41, 5.74) is 5.63. The zero-order valence-electron chi connectivity index (χ0n) is 19.6. The first-order valence-corrected chi connectivity index (χ1v) is 12.8. The highest BCUT2D eigenvalue weighted by molar-refractivity contribution is 6.30. The highest BCUT2D eigenvalue weighted by Crippen LogP contribution is 2.37. The molecule has 35 heavy (non-hydrogen) atoms. The van der Waals surface area contributed by atoms with Crippen molar-refractivity contribution in [2.75, 3.05) is 19.6 Å². The van der Waals surface area contributed by atoms with Gasteiger partial charge in [-0.05, 0) is 72.9 Å². The minimum absolute atomic E-state index is 0.0245. The molecule has 0 bridgehead atoms. The van der Waals surface area contributed by atoms with Crippen LogP contribution in [0.1, 0.15) is 54.0 Å². The molecule has 4 aromatic rings. The van der Waals surface area contributed by atoms with E-state index < -0.39 is 0 Å². The number of carbonyl (C=O) groups excluding carboxylic acids is 1. The summed E-state index contributed by atoms with van der Waals surface area (Å²) in [6.45, 7) is 4.08. The number of carbonyl (C=O) groups is 1. The summed E-state index contributed by atoms with van der Waals surface area (Å²) in [6.07, 6.45) is 1.83. The first-order chi connectivity index (χ1) is 17.0. The number of urea groups is 1. The molecule has 1 aliphatic rings. The summed E-state index contributed by atoms with van der Waals surface area (Å²) < 4.78 is 0. The van der Waals surface area contributed by atoms with Gasteiger partial charge in [-0.1, -0.05) is 53.5 Å². The number of aromatic nitrogens is 2. The molecule has 3 aromatic carbocycles. The number of H-pyrrole nitrogens is 1. The minimum Gasteiger partial charge on any atom is -0.338 e. The topological polar surface area (TPSA) is 61.0 Å². The lowest BCUT2D eigenvalue weighted by Gasteiger charge is -2.31. The lowest BCUT2D eigenvalue weighted by Crippen LogP contribution is -2.44. The fourth-order valence-electron chi connectivity index (χ4n) is 5.06. The second-order valence-corrected chi connectivity index (χ2v) is 9.92. The molecule has 0 atom stereocenters. The van der Waals surface area contributed by atoms with E-state index in [0.717, 1.165) is 63.7 Å². The van der Waals surface area contributed by atoms with Crippen LogP contribution in [-0.4, -0.2) is 40.8 Å². The van der Waals surface area contributed by atoms with Crippen LogP contribution < -0.4 is 5.32 Å². The van der Waals surface area contributed by atoms with E-state index in [1.165, 1.54) is 5.56 Å². The van der Waals surface area contributed by atoms with Crippen LogP contribution >= 0.6 is 23.2 Å². The monoisotopic (exact) mass is 506 g/mol. The van der Waals surface area contributed by atoms with Gasteiger partial charge in [0.25, 0.3) is 0 Å². The summed E-state index contributed by atoms with van der Waals surface area (Å²) in [4.78, 5) is 14.1. The zero-order valence-corrected chi connectivity index (χ0v) is 21.1. The molecule has 5 rings (SSSR count). The predicted molar refractivity (Wildman–Crippen MR) is 143 cm³/mol. The Morgan fingerprint density at radius 3 is 2.11 bits per heavy atom. The van der Waals surface area contributed by atoms with Crippen LogP contribution in [0, 0.1) is 0 Å². The predicted octanol–water partition coefficient (Wildman–Crippen LogP) is 6.96. The molecule has 1 aromatic heterocycles. The lowest BCUT2D eigenvalue weighted by molar-refractivity contribution is 0.181. The van der Waals surface area contributed by atoms with Gasteiger partial charge in [-0.15, -0.1) is 0 Å². The molecule has 5 nitrogen and oxygen atoms in total. The molecule has 0 aliphatic carbocycles. The number of aromatic amines is 1. The van der Waals surface area contributed by atoms with Crippen molar-refractivity contribution in [3.63, 3.8) is 0 Å². The number of fused-ring (bicyclic) bond motifs is 1. The number of likely N-dealkylation sites (tertiary alicyclic amines) is 1. The number of amides is 2. The average molecular weight is 507 g/mol. The lowest BCUT2D eigenvalue weighted by atomic mass is 9.84. The van der Waals surface area contributed by atoms with Crippen LogP contribution in [0.2, 0.25) is 10.0 Å². The van der Waals surface area contributed by atoms with Gasteiger partial charge in [0.1, 0.15) is 0 Å². The van der Waals surface area contributed by atoms with E-state index in [4.69, 9.17) is 23.2 Å². The molecule has 7 heteroatoms. The smallest absolute Gasteiger partial charge is 0.317 e. The van der Waals surface area contributed by atoms with Crippen molar-refractivity contribution in [1.29, 1.82) is 0 Å². The van der Waals surface area contributed by atoms with Crippen LogP contribution in [0.15, 0.2) is 66.7 Å². The molecule has 2 N–H and O–H groups in total. The van der Waals surface area contributed by atoms with Crippen molar-refractivity contribution in [2.45, 2.75) is 31.6 Å². The largest absolute Gasteiger partial charge is 0.338 e. The number of halogens is 2. The minimum atomic E-state index is 0.0245. The molecular formula is C28H28Cl2N4O. The van der Waals surface area contributed by atoms with Crippen LogP contribution in [0.5, 0.6) is 0 Å². The summed E-state index contributed by atoms with van der Waals surface area (Å²) in [6, 6.07) is 22.6. The zero-order chi connectivity index (χ0) is 24.4. The van der Waals surface area contributed by atoms with Gasteiger partial charge < -0.3 is 10.2 Å². The van der Waals surface area contributed by atoms with Crippen molar-refractivity contribution < 1.29 is 4.79 Å². The normalized spacial score (nSPS) is 14.6. The van der Waals surface area contributed by atoms with Crippen LogP contribution in [-0.2, 0) is 0 Å². The average Bonchev–Trinajstić information content (AvgIpc) is 3.30. The van der Waals surface area contributed by atoms with Crippen LogP contribution in [0.3, 0.4) is 0 Å². The first-order valence-electron chi connectivity index (χ1n) is 12.0. The fraction of sp³-hybridized carbons (Fsp3) is 0.286. The molecule has 180 valence electrons. The van der Waals surface area contributed by atoms with Gasteiger partial charge in [-0.2, -0.15) is 5.10 Å². The molecular weight excluding hydrogens is 479 g/mol. The maximum atomic E-state index is 12.2. The van der Waals surface area contributed by atoms with E-state index in [1.807, 2.05) is 36.1 Å². The molecule has 0 unspecified atom stereocenters. The van der Waals surface area contributed by atoms with Gasteiger partial charge >= 0.3 is 6.03 Å². The number of rotatable bonds is 5. The number of hydrogen-bond donors (Lipinski definition) is 2. The number of nitrogens with zero attached hydrogens (tertiary/aromatic N) is 2. The SMILES string of the molecule is CCNC(=O)N1CCC(c2[nH]nc3ccc(C(c4ccc(Cl)cc4)c4ccc(Cl)cc4)cc23)CC1. The van der Waals surface area contributed by atoms with Crippen molar-refractivity contribution in [3.05, 3.63) is 99.2 Å². The number of piperidine rings is 1. The number of nitrogens with one attached hydrogen (secondary N) is 2. The molecule has 0 spiro atoms. The van der Waals surface area contributed by atoms with Gasteiger partial charge in [-0.3, -0.25) is 5.10 Å². The van der Waals surface area contributed by atoms with Gasteiger partial charge in [0.15, 0.2) is 0 Å². The Morgan fingerprint density at radius 2 is 1.54 bits per heavy atom.